The molecular weight excluding hydrogens is 384 g/mol. The molecule has 0 bridgehead atoms. The molecule has 0 aliphatic carbocycles. The van der Waals surface area contributed by atoms with E-state index in [0.29, 0.717) is 5.69 Å². The quantitative estimate of drug-likeness (QED) is 0.573. The van der Waals surface area contributed by atoms with Gasteiger partial charge in [0.15, 0.2) is 5.03 Å². The monoisotopic (exact) mass is 406 g/mol. The molecule has 1 aromatic heterocycles. The van der Waals surface area contributed by atoms with E-state index in [1.807, 2.05) is 18.2 Å². The summed E-state index contributed by atoms with van der Waals surface area (Å²) in [5.41, 5.74) is 0.673. The number of anilines is 1. The van der Waals surface area contributed by atoms with Crippen molar-refractivity contribution < 1.29 is 23.1 Å². The summed E-state index contributed by atoms with van der Waals surface area (Å²) in [7, 11) is -2.20. The Morgan fingerprint density at radius 1 is 1.29 bits per heavy atom. The smallest absolute Gasteiger partial charge is 0.260 e. The fourth-order valence-corrected chi connectivity index (χ4v) is 3.99. The van der Waals surface area contributed by atoms with Crippen molar-refractivity contribution in [3.05, 3.63) is 55.0 Å². The number of hydrogen-bond donors (Lipinski definition) is 3. The van der Waals surface area contributed by atoms with Crippen LogP contribution in [0.4, 0.5) is 5.69 Å². The van der Waals surface area contributed by atoms with E-state index in [9.17, 15) is 18.3 Å². The number of nitrogens with zero attached hydrogens (tertiary/aromatic N) is 2. The minimum Gasteiger partial charge on any atom is -0.394 e. The molecule has 1 aromatic carbocycles. The van der Waals surface area contributed by atoms with E-state index in [1.165, 1.54) is 17.1 Å². The summed E-state index contributed by atoms with van der Waals surface area (Å²) in [4.78, 5) is 16.0. The number of para-hydroxylation sites is 1. The predicted octanol–water partition coefficient (Wildman–Crippen LogP) is 0.412. The van der Waals surface area contributed by atoms with Gasteiger partial charge in [-0.25, -0.2) is 18.1 Å². The number of ether oxygens (including phenoxy) is 1. The van der Waals surface area contributed by atoms with Crippen LogP contribution in [0, 0.1) is 0 Å². The lowest BCUT2D eigenvalue weighted by molar-refractivity contribution is -0.120. The highest BCUT2D eigenvalue weighted by Crippen LogP contribution is 2.18. The highest BCUT2D eigenvalue weighted by molar-refractivity contribution is 7.89. The number of nitrogens with one attached hydrogen (secondary N) is 2. The van der Waals surface area contributed by atoms with Gasteiger partial charge in [0.2, 0.25) is 5.91 Å². The van der Waals surface area contributed by atoms with Crippen molar-refractivity contribution in [2.75, 3.05) is 11.9 Å². The molecule has 0 saturated heterocycles. The predicted molar refractivity (Wildman–Crippen MR) is 102 cm³/mol. The molecule has 3 N–H and O–H groups in total. The summed E-state index contributed by atoms with van der Waals surface area (Å²) >= 11 is 0. The summed E-state index contributed by atoms with van der Waals surface area (Å²) in [5, 5.41) is 12.2. The van der Waals surface area contributed by atoms with E-state index in [1.54, 1.807) is 31.3 Å². The number of amides is 1. The van der Waals surface area contributed by atoms with Crippen molar-refractivity contribution in [3.8, 4) is 0 Å². The van der Waals surface area contributed by atoms with E-state index in [2.05, 4.69) is 15.0 Å². The second-order valence-electron chi connectivity index (χ2n) is 6.42. The first-order valence-corrected chi connectivity index (χ1v) is 10.2. The number of aliphatic hydroxyl groups is 1. The van der Waals surface area contributed by atoms with Crippen molar-refractivity contribution in [1.82, 2.24) is 14.3 Å². The number of imidazole rings is 1. The maximum absolute atomic E-state index is 12.4. The molecule has 0 saturated carbocycles. The number of hydrogen-bond acceptors (Lipinski definition) is 6. The molecule has 3 rings (SSSR count). The molecule has 2 heterocycles. The number of benzene rings is 1. The standard InChI is InChI=1S/C18H22N4O5S/c1-22-10-18(19-12-22)28(25,26)21-15-8-7-14(27-16(15)11-23)9-17(24)20-13-5-3-2-4-6-13/h2-8,10,12,14-16,21,23H,9,11H2,1H3,(H,20,24)/t14-,15-,16+/m0/s1. The topological polar surface area (TPSA) is 123 Å². The van der Waals surface area contributed by atoms with Crippen LogP contribution in [0.15, 0.2) is 60.0 Å². The highest BCUT2D eigenvalue weighted by atomic mass is 32.2. The molecule has 0 fully saturated rings. The molecular formula is C18H22N4O5S. The Labute approximate surface area is 163 Å². The van der Waals surface area contributed by atoms with Gasteiger partial charge in [0.1, 0.15) is 6.10 Å². The van der Waals surface area contributed by atoms with Gasteiger partial charge in [-0.05, 0) is 12.1 Å². The van der Waals surface area contributed by atoms with E-state index in [4.69, 9.17) is 4.74 Å². The summed E-state index contributed by atoms with van der Waals surface area (Å²) in [5.74, 6) is -0.245. The number of rotatable bonds is 7. The fourth-order valence-electron chi connectivity index (χ4n) is 2.79. The Kier molecular flexibility index (Phi) is 6.25. The van der Waals surface area contributed by atoms with Gasteiger partial charge in [-0.2, -0.15) is 0 Å². The Balaban J connectivity index is 1.62. The summed E-state index contributed by atoms with van der Waals surface area (Å²) in [6, 6.07) is 8.24. The molecule has 3 atom stereocenters. The van der Waals surface area contributed by atoms with Gasteiger partial charge in [0.05, 0.1) is 31.5 Å². The minimum absolute atomic E-state index is 0.0433. The van der Waals surface area contributed by atoms with Crippen molar-refractivity contribution in [2.24, 2.45) is 7.05 Å². The van der Waals surface area contributed by atoms with Crippen LogP contribution in [-0.2, 0) is 26.6 Å². The number of aromatic nitrogens is 2. The zero-order chi connectivity index (χ0) is 20.1. The molecule has 0 spiro atoms. The lowest BCUT2D eigenvalue weighted by Gasteiger charge is -2.31. The third-order valence-corrected chi connectivity index (χ3v) is 5.50. The van der Waals surface area contributed by atoms with Crippen molar-refractivity contribution in [1.29, 1.82) is 0 Å². The van der Waals surface area contributed by atoms with Crippen LogP contribution in [-0.4, -0.2) is 53.8 Å². The Morgan fingerprint density at radius 3 is 2.68 bits per heavy atom. The molecule has 9 nitrogen and oxygen atoms in total. The molecule has 10 heteroatoms. The number of sulfonamides is 1. The van der Waals surface area contributed by atoms with Crippen LogP contribution in [0.3, 0.4) is 0 Å². The van der Waals surface area contributed by atoms with Crippen LogP contribution in [0.25, 0.3) is 0 Å². The van der Waals surface area contributed by atoms with Crippen LogP contribution in [0.5, 0.6) is 0 Å². The van der Waals surface area contributed by atoms with Gasteiger partial charge >= 0.3 is 0 Å². The lowest BCUT2D eigenvalue weighted by Crippen LogP contribution is -2.48. The largest absolute Gasteiger partial charge is 0.394 e. The molecule has 1 aliphatic heterocycles. The first-order chi connectivity index (χ1) is 13.4. The first-order valence-electron chi connectivity index (χ1n) is 8.67. The molecule has 150 valence electrons. The maximum atomic E-state index is 12.4. The molecule has 0 unspecified atom stereocenters. The Morgan fingerprint density at radius 2 is 2.04 bits per heavy atom. The van der Waals surface area contributed by atoms with Gasteiger partial charge in [0, 0.05) is 18.9 Å². The third kappa shape index (κ3) is 5.04. The maximum Gasteiger partial charge on any atom is 0.260 e. The molecule has 2 aromatic rings. The zero-order valence-electron chi connectivity index (χ0n) is 15.2. The van der Waals surface area contributed by atoms with Gasteiger partial charge in [-0.15, -0.1) is 0 Å². The molecule has 1 amide bonds. The van der Waals surface area contributed by atoms with E-state index in [0.717, 1.165) is 0 Å². The van der Waals surface area contributed by atoms with Gasteiger partial charge in [0.25, 0.3) is 10.0 Å². The number of carbonyl (C=O) groups is 1. The van der Waals surface area contributed by atoms with Crippen LogP contribution in [0.1, 0.15) is 6.42 Å². The van der Waals surface area contributed by atoms with E-state index < -0.39 is 34.9 Å². The molecule has 28 heavy (non-hydrogen) atoms. The summed E-state index contributed by atoms with van der Waals surface area (Å²) in [6.45, 7) is -0.406. The second kappa shape index (κ2) is 8.65. The summed E-state index contributed by atoms with van der Waals surface area (Å²) in [6.07, 6.45) is 4.61. The van der Waals surface area contributed by atoms with Gasteiger partial charge in [-0.3, -0.25) is 4.79 Å². The van der Waals surface area contributed by atoms with Crippen molar-refractivity contribution >= 4 is 21.6 Å². The van der Waals surface area contributed by atoms with Crippen LogP contribution >= 0.6 is 0 Å². The Bertz CT molecular complexity index is 942. The van der Waals surface area contributed by atoms with Gasteiger partial charge in [-0.1, -0.05) is 30.4 Å². The number of aliphatic hydroxyl groups excluding tert-OH is 1. The lowest BCUT2D eigenvalue weighted by atomic mass is 10.1. The molecule has 0 radical (unpaired) electrons. The fraction of sp³-hybridized carbons (Fsp3) is 0.333. The van der Waals surface area contributed by atoms with Crippen LogP contribution < -0.4 is 10.0 Å². The van der Waals surface area contributed by atoms with E-state index >= 15 is 0 Å². The van der Waals surface area contributed by atoms with E-state index in [-0.39, 0.29) is 17.4 Å². The van der Waals surface area contributed by atoms with Gasteiger partial charge < -0.3 is 19.7 Å². The van der Waals surface area contributed by atoms with Crippen LogP contribution in [0.2, 0.25) is 0 Å². The third-order valence-electron chi connectivity index (χ3n) is 4.16. The summed E-state index contributed by atoms with van der Waals surface area (Å²) < 4.78 is 34.5. The normalized spacial score (nSPS) is 22.1. The number of carbonyl (C=O) groups excluding carboxylic acids is 1. The molecule has 1 aliphatic rings. The first kappa shape index (κ1) is 20.2. The highest BCUT2D eigenvalue weighted by Gasteiger charge is 2.32. The van der Waals surface area contributed by atoms with Crippen molar-refractivity contribution in [2.45, 2.75) is 29.7 Å². The second-order valence-corrected chi connectivity index (χ2v) is 8.08. The average molecular weight is 406 g/mol. The zero-order valence-corrected chi connectivity index (χ0v) is 16.0. The Hall–Kier alpha value is -2.53. The van der Waals surface area contributed by atoms with Crippen molar-refractivity contribution in [3.63, 3.8) is 0 Å². The minimum atomic E-state index is -3.87. The number of aryl methyl sites for hydroxylation is 1. The average Bonchev–Trinajstić information content (AvgIpc) is 3.11. The SMILES string of the molecule is Cn1cnc(S(=O)(=O)N[C@H]2C=C[C@@H](CC(=O)Nc3ccccc3)O[C@@H]2CO)c1.